The third-order valence-corrected chi connectivity index (χ3v) is 3.90. The molecule has 0 atom stereocenters. The molecular formula is C14H13BrFNS. The maximum absolute atomic E-state index is 12.7. The molecule has 4 heteroatoms. The van der Waals surface area contributed by atoms with Crippen LogP contribution in [0.3, 0.4) is 0 Å². The van der Waals surface area contributed by atoms with E-state index >= 15 is 0 Å². The van der Waals surface area contributed by atoms with Crippen molar-refractivity contribution in [3.05, 3.63) is 58.8 Å². The summed E-state index contributed by atoms with van der Waals surface area (Å²) in [5, 5.41) is 3.26. The van der Waals surface area contributed by atoms with Gasteiger partial charge in [0.05, 0.1) is 0 Å². The van der Waals surface area contributed by atoms with Crippen molar-refractivity contribution < 1.29 is 4.39 Å². The Kier molecular flexibility index (Phi) is 5.08. The minimum Gasteiger partial charge on any atom is -0.384 e. The fourth-order valence-electron chi connectivity index (χ4n) is 1.46. The van der Waals surface area contributed by atoms with Gasteiger partial charge >= 0.3 is 0 Å². The Morgan fingerprint density at radius 3 is 2.33 bits per heavy atom. The van der Waals surface area contributed by atoms with Crippen molar-refractivity contribution in [1.29, 1.82) is 0 Å². The Hall–Kier alpha value is -1.00. The standard InChI is InChI=1S/C14H13BrFNS/c15-11-1-7-14(8-2-11)18-10-9-17-13-5-3-12(16)4-6-13/h1-8,17H,9-10H2. The molecule has 2 aromatic carbocycles. The molecule has 2 rings (SSSR count). The van der Waals surface area contributed by atoms with E-state index in [1.807, 2.05) is 12.1 Å². The van der Waals surface area contributed by atoms with Gasteiger partial charge in [-0.15, -0.1) is 11.8 Å². The van der Waals surface area contributed by atoms with Gasteiger partial charge in [-0.1, -0.05) is 15.9 Å². The van der Waals surface area contributed by atoms with E-state index in [2.05, 4.69) is 33.4 Å². The number of hydrogen-bond donors (Lipinski definition) is 1. The Morgan fingerprint density at radius 1 is 1.00 bits per heavy atom. The second-order valence-corrected chi connectivity index (χ2v) is 5.82. The number of halogens is 2. The van der Waals surface area contributed by atoms with Gasteiger partial charge < -0.3 is 5.32 Å². The van der Waals surface area contributed by atoms with Crippen molar-refractivity contribution in [2.45, 2.75) is 4.90 Å². The second-order valence-electron chi connectivity index (χ2n) is 3.74. The topological polar surface area (TPSA) is 12.0 Å². The molecule has 0 heterocycles. The molecule has 18 heavy (non-hydrogen) atoms. The van der Waals surface area contributed by atoms with Crippen molar-refractivity contribution in [2.24, 2.45) is 0 Å². The molecule has 94 valence electrons. The van der Waals surface area contributed by atoms with Gasteiger partial charge in [-0.25, -0.2) is 4.39 Å². The molecule has 0 saturated carbocycles. The maximum atomic E-state index is 12.7. The van der Waals surface area contributed by atoms with E-state index in [0.29, 0.717) is 0 Å². The van der Waals surface area contributed by atoms with Crippen LogP contribution in [0.1, 0.15) is 0 Å². The smallest absolute Gasteiger partial charge is 0.123 e. The van der Waals surface area contributed by atoms with E-state index in [0.717, 1.165) is 22.5 Å². The highest BCUT2D eigenvalue weighted by Crippen LogP contribution is 2.20. The fourth-order valence-corrected chi connectivity index (χ4v) is 2.50. The molecule has 0 spiro atoms. The average molecular weight is 326 g/mol. The van der Waals surface area contributed by atoms with Gasteiger partial charge in [-0.05, 0) is 48.5 Å². The molecule has 1 nitrogen and oxygen atoms in total. The van der Waals surface area contributed by atoms with Gasteiger partial charge in [-0.3, -0.25) is 0 Å². The van der Waals surface area contributed by atoms with E-state index in [9.17, 15) is 4.39 Å². The number of benzene rings is 2. The average Bonchev–Trinajstić information content (AvgIpc) is 2.39. The summed E-state index contributed by atoms with van der Waals surface area (Å²) in [7, 11) is 0. The van der Waals surface area contributed by atoms with Crippen molar-refractivity contribution in [3.8, 4) is 0 Å². The predicted molar refractivity (Wildman–Crippen MR) is 79.8 cm³/mol. The lowest BCUT2D eigenvalue weighted by Gasteiger charge is -2.06. The zero-order chi connectivity index (χ0) is 12.8. The van der Waals surface area contributed by atoms with E-state index in [1.165, 1.54) is 17.0 Å². The minimum absolute atomic E-state index is 0.204. The maximum Gasteiger partial charge on any atom is 0.123 e. The molecule has 0 saturated heterocycles. The van der Waals surface area contributed by atoms with E-state index in [4.69, 9.17) is 0 Å². The van der Waals surface area contributed by atoms with Gasteiger partial charge in [0, 0.05) is 27.4 Å². The molecule has 0 aliphatic rings. The van der Waals surface area contributed by atoms with Crippen LogP contribution in [-0.4, -0.2) is 12.3 Å². The first-order valence-electron chi connectivity index (χ1n) is 5.62. The van der Waals surface area contributed by atoms with Crippen molar-refractivity contribution in [2.75, 3.05) is 17.6 Å². The SMILES string of the molecule is Fc1ccc(NCCSc2ccc(Br)cc2)cc1. The van der Waals surface area contributed by atoms with Crippen molar-refractivity contribution in [1.82, 2.24) is 0 Å². The lowest BCUT2D eigenvalue weighted by molar-refractivity contribution is 0.628. The zero-order valence-corrected chi connectivity index (χ0v) is 12.1. The highest BCUT2D eigenvalue weighted by Gasteiger charge is 1.95. The van der Waals surface area contributed by atoms with Crippen LogP contribution in [-0.2, 0) is 0 Å². The highest BCUT2D eigenvalue weighted by molar-refractivity contribution is 9.10. The first-order valence-corrected chi connectivity index (χ1v) is 7.40. The normalized spacial score (nSPS) is 10.3. The minimum atomic E-state index is -0.204. The van der Waals surface area contributed by atoms with Crippen LogP contribution in [0.15, 0.2) is 57.9 Å². The lowest BCUT2D eigenvalue weighted by Crippen LogP contribution is -2.03. The summed E-state index contributed by atoms with van der Waals surface area (Å²) in [4.78, 5) is 1.25. The fraction of sp³-hybridized carbons (Fsp3) is 0.143. The molecular weight excluding hydrogens is 313 g/mol. The van der Waals surface area contributed by atoms with E-state index < -0.39 is 0 Å². The van der Waals surface area contributed by atoms with Crippen LogP contribution >= 0.6 is 27.7 Å². The Labute approximate surface area is 119 Å². The highest BCUT2D eigenvalue weighted by atomic mass is 79.9. The van der Waals surface area contributed by atoms with Crippen LogP contribution < -0.4 is 5.32 Å². The first-order chi connectivity index (χ1) is 8.74. The molecule has 0 aliphatic heterocycles. The summed E-state index contributed by atoms with van der Waals surface area (Å²) >= 11 is 5.21. The number of hydrogen-bond acceptors (Lipinski definition) is 2. The molecule has 2 aromatic rings. The van der Waals surface area contributed by atoms with Crippen LogP contribution in [0.25, 0.3) is 0 Å². The quantitative estimate of drug-likeness (QED) is 0.626. The summed E-state index contributed by atoms with van der Waals surface area (Å²) in [6.45, 7) is 0.854. The van der Waals surface area contributed by atoms with Gasteiger partial charge in [0.1, 0.15) is 5.82 Å². The molecule has 0 aromatic heterocycles. The van der Waals surface area contributed by atoms with Crippen LogP contribution in [0.4, 0.5) is 10.1 Å². The number of nitrogens with one attached hydrogen (secondary N) is 1. The zero-order valence-electron chi connectivity index (χ0n) is 9.70. The molecule has 0 radical (unpaired) electrons. The molecule has 1 N–H and O–H groups in total. The molecule has 0 bridgehead atoms. The lowest BCUT2D eigenvalue weighted by atomic mass is 10.3. The van der Waals surface area contributed by atoms with Gasteiger partial charge in [-0.2, -0.15) is 0 Å². The predicted octanol–water partition coefficient (Wildman–Crippen LogP) is 4.79. The van der Waals surface area contributed by atoms with E-state index in [1.54, 1.807) is 23.9 Å². The summed E-state index contributed by atoms with van der Waals surface area (Å²) in [6, 6.07) is 14.7. The number of anilines is 1. The third kappa shape index (κ3) is 4.35. The van der Waals surface area contributed by atoms with Crippen LogP contribution in [0.2, 0.25) is 0 Å². The second kappa shape index (κ2) is 6.81. The number of rotatable bonds is 5. The van der Waals surface area contributed by atoms with Gasteiger partial charge in [0.2, 0.25) is 0 Å². The largest absolute Gasteiger partial charge is 0.384 e. The van der Waals surface area contributed by atoms with E-state index in [-0.39, 0.29) is 5.82 Å². The molecule has 0 unspecified atom stereocenters. The van der Waals surface area contributed by atoms with Crippen molar-refractivity contribution >= 4 is 33.4 Å². The van der Waals surface area contributed by atoms with Crippen LogP contribution in [0.5, 0.6) is 0 Å². The molecule has 0 amide bonds. The Balaban J connectivity index is 1.73. The summed E-state index contributed by atoms with van der Waals surface area (Å²) < 4.78 is 13.8. The summed E-state index contributed by atoms with van der Waals surface area (Å²) in [5.74, 6) is 0.767. The third-order valence-electron chi connectivity index (χ3n) is 2.36. The van der Waals surface area contributed by atoms with Gasteiger partial charge in [0.15, 0.2) is 0 Å². The van der Waals surface area contributed by atoms with Crippen LogP contribution in [0, 0.1) is 5.82 Å². The Bertz CT molecular complexity index is 437. The number of thioether (sulfide) groups is 1. The monoisotopic (exact) mass is 325 g/mol. The van der Waals surface area contributed by atoms with Gasteiger partial charge in [0.25, 0.3) is 0 Å². The summed E-state index contributed by atoms with van der Waals surface area (Å²) in [5.41, 5.74) is 0.952. The summed E-state index contributed by atoms with van der Waals surface area (Å²) in [6.07, 6.45) is 0. The molecule has 0 fully saturated rings. The van der Waals surface area contributed by atoms with Crippen molar-refractivity contribution in [3.63, 3.8) is 0 Å². The first kappa shape index (κ1) is 13.4. The molecule has 0 aliphatic carbocycles. The Morgan fingerprint density at radius 2 is 1.67 bits per heavy atom.